The number of anilines is 1. The molecule has 0 aliphatic carbocycles. The first-order chi connectivity index (χ1) is 15.5. The third-order valence-electron chi connectivity index (χ3n) is 4.96. The lowest BCUT2D eigenvalue weighted by molar-refractivity contribution is -0.116. The molecule has 0 unspecified atom stereocenters. The van der Waals surface area contributed by atoms with Gasteiger partial charge in [-0.1, -0.05) is 0 Å². The molecule has 0 fully saturated rings. The van der Waals surface area contributed by atoms with Crippen LogP contribution >= 0.6 is 0 Å². The number of rotatable bonds is 8. The summed E-state index contributed by atoms with van der Waals surface area (Å²) in [7, 11) is 4.55. The second-order valence-electron chi connectivity index (χ2n) is 6.91. The molecule has 0 saturated heterocycles. The monoisotopic (exact) mass is 441 g/mol. The maximum Gasteiger partial charge on any atom is 0.267 e. The van der Waals surface area contributed by atoms with E-state index in [0.717, 1.165) is 5.39 Å². The highest BCUT2D eigenvalue weighted by Crippen LogP contribution is 2.43. The van der Waals surface area contributed by atoms with Crippen molar-refractivity contribution < 1.29 is 33.3 Å². The molecule has 10 heteroatoms. The molecular weight excluding hydrogens is 418 g/mol. The molecule has 0 spiro atoms. The minimum atomic E-state index is -0.350. The largest absolute Gasteiger partial charge is 0.493 e. The number of nitrogens with one attached hydrogen (secondary N) is 3. The summed E-state index contributed by atoms with van der Waals surface area (Å²) in [5.41, 5.74) is 1.52. The van der Waals surface area contributed by atoms with E-state index in [-0.39, 0.29) is 31.6 Å². The van der Waals surface area contributed by atoms with Gasteiger partial charge in [-0.15, -0.1) is 0 Å². The van der Waals surface area contributed by atoms with Crippen molar-refractivity contribution in [1.82, 2.24) is 10.3 Å². The maximum absolute atomic E-state index is 12.6. The number of hydrogen-bond acceptors (Lipinski definition) is 7. The van der Waals surface area contributed by atoms with Gasteiger partial charge >= 0.3 is 0 Å². The maximum atomic E-state index is 12.6. The fraction of sp³-hybridized carbons (Fsp3) is 0.273. The van der Waals surface area contributed by atoms with Gasteiger partial charge in [0.1, 0.15) is 5.69 Å². The van der Waals surface area contributed by atoms with Crippen LogP contribution in [-0.2, 0) is 4.79 Å². The molecule has 0 radical (unpaired) electrons. The molecule has 1 aliphatic heterocycles. The molecule has 0 bridgehead atoms. The van der Waals surface area contributed by atoms with Gasteiger partial charge in [0.2, 0.25) is 18.4 Å². The van der Waals surface area contributed by atoms with Crippen molar-refractivity contribution in [2.45, 2.75) is 6.42 Å². The van der Waals surface area contributed by atoms with Crippen LogP contribution in [0.5, 0.6) is 28.7 Å². The number of fused-ring (bicyclic) bond motifs is 2. The number of methoxy groups -OCH3 is 3. The van der Waals surface area contributed by atoms with Gasteiger partial charge in [-0.3, -0.25) is 9.59 Å². The Morgan fingerprint density at radius 3 is 2.53 bits per heavy atom. The van der Waals surface area contributed by atoms with E-state index in [1.165, 1.54) is 21.3 Å². The minimum Gasteiger partial charge on any atom is -0.493 e. The first kappa shape index (κ1) is 21.2. The van der Waals surface area contributed by atoms with E-state index in [4.69, 9.17) is 23.7 Å². The Bertz CT molecular complexity index is 1170. The summed E-state index contributed by atoms with van der Waals surface area (Å²) in [6.45, 7) is 0.326. The highest BCUT2D eigenvalue weighted by molar-refractivity contribution is 6.01. The predicted molar refractivity (Wildman–Crippen MR) is 116 cm³/mol. The molecule has 2 amide bonds. The van der Waals surface area contributed by atoms with E-state index in [2.05, 4.69) is 15.6 Å². The fourth-order valence-corrected chi connectivity index (χ4v) is 3.45. The topological polar surface area (TPSA) is 120 Å². The van der Waals surface area contributed by atoms with E-state index in [1.54, 1.807) is 30.3 Å². The number of benzene rings is 2. The summed E-state index contributed by atoms with van der Waals surface area (Å²) < 4.78 is 26.7. The summed E-state index contributed by atoms with van der Waals surface area (Å²) >= 11 is 0. The first-order valence-corrected chi connectivity index (χ1v) is 9.83. The molecule has 3 N–H and O–H groups in total. The molecule has 2 aromatic carbocycles. The second kappa shape index (κ2) is 8.96. The average molecular weight is 441 g/mol. The molecular formula is C22H23N3O7. The SMILES string of the molecule is COc1cc2cc(C(=O)NCCC(=O)Nc3ccc4c(c3)OCO4)[nH]c2c(OC)c1OC. The van der Waals surface area contributed by atoms with Crippen LogP contribution in [0.1, 0.15) is 16.9 Å². The lowest BCUT2D eigenvalue weighted by Crippen LogP contribution is -2.27. The van der Waals surface area contributed by atoms with Crippen LogP contribution in [-0.4, -0.2) is 51.5 Å². The Labute approximate surface area is 183 Å². The van der Waals surface area contributed by atoms with Crippen molar-refractivity contribution in [2.24, 2.45) is 0 Å². The Morgan fingerprint density at radius 2 is 1.78 bits per heavy atom. The standard InChI is InChI=1S/C22H23N3O7/c1-28-17-9-12-8-14(25-19(12)21(30-3)20(17)29-2)22(27)23-7-6-18(26)24-13-4-5-15-16(10-13)32-11-31-15/h4-5,8-10,25H,6-7,11H2,1-3H3,(H,23,27)(H,24,26). The quantitative estimate of drug-likeness (QED) is 0.492. The summed E-state index contributed by atoms with van der Waals surface area (Å²) in [4.78, 5) is 27.8. The zero-order valence-corrected chi connectivity index (χ0v) is 17.9. The van der Waals surface area contributed by atoms with Crippen LogP contribution in [0.3, 0.4) is 0 Å². The number of H-pyrrole nitrogens is 1. The zero-order chi connectivity index (χ0) is 22.7. The van der Waals surface area contributed by atoms with Gasteiger partial charge in [0.15, 0.2) is 23.0 Å². The van der Waals surface area contributed by atoms with E-state index in [1.807, 2.05) is 0 Å². The van der Waals surface area contributed by atoms with Gasteiger partial charge in [-0.25, -0.2) is 0 Å². The Kier molecular flexibility index (Phi) is 5.93. The van der Waals surface area contributed by atoms with E-state index >= 15 is 0 Å². The van der Waals surface area contributed by atoms with Crippen molar-refractivity contribution in [1.29, 1.82) is 0 Å². The van der Waals surface area contributed by atoms with Crippen molar-refractivity contribution in [3.05, 3.63) is 36.0 Å². The molecule has 1 aliphatic rings. The zero-order valence-electron chi connectivity index (χ0n) is 17.9. The van der Waals surface area contributed by atoms with Gasteiger partial charge in [-0.05, 0) is 24.3 Å². The normalized spacial score (nSPS) is 11.8. The van der Waals surface area contributed by atoms with E-state index in [0.29, 0.717) is 45.6 Å². The van der Waals surface area contributed by atoms with Crippen molar-refractivity contribution >= 4 is 28.4 Å². The number of aromatic nitrogens is 1. The van der Waals surface area contributed by atoms with Gasteiger partial charge in [0, 0.05) is 30.1 Å². The lowest BCUT2D eigenvalue weighted by Gasteiger charge is -2.12. The highest BCUT2D eigenvalue weighted by atomic mass is 16.7. The van der Waals surface area contributed by atoms with Gasteiger partial charge in [-0.2, -0.15) is 0 Å². The number of carbonyl (C=O) groups excluding carboxylic acids is 2. The predicted octanol–water partition coefficient (Wildman–Crippen LogP) is 2.68. The molecule has 3 aromatic rings. The molecule has 168 valence electrons. The summed E-state index contributed by atoms with van der Waals surface area (Å²) in [6, 6.07) is 8.59. The van der Waals surface area contributed by atoms with Crippen molar-refractivity contribution in [3.8, 4) is 28.7 Å². The summed E-state index contributed by atoms with van der Waals surface area (Å²) in [5.74, 6) is 1.98. The molecule has 2 heterocycles. The van der Waals surface area contributed by atoms with Crippen LogP contribution in [0.15, 0.2) is 30.3 Å². The Hall–Kier alpha value is -4.08. The third-order valence-corrected chi connectivity index (χ3v) is 4.96. The van der Waals surface area contributed by atoms with Crippen LogP contribution in [0.2, 0.25) is 0 Å². The van der Waals surface area contributed by atoms with E-state index in [9.17, 15) is 9.59 Å². The minimum absolute atomic E-state index is 0.103. The van der Waals surface area contributed by atoms with Crippen molar-refractivity contribution in [2.75, 3.05) is 40.0 Å². The second-order valence-corrected chi connectivity index (χ2v) is 6.91. The third kappa shape index (κ3) is 4.07. The van der Waals surface area contributed by atoms with Gasteiger partial charge in [0.05, 0.1) is 26.8 Å². The van der Waals surface area contributed by atoms with Gasteiger partial charge in [0.25, 0.3) is 5.91 Å². The molecule has 10 nitrogen and oxygen atoms in total. The van der Waals surface area contributed by atoms with Crippen molar-refractivity contribution in [3.63, 3.8) is 0 Å². The summed E-state index contributed by atoms with van der Waals surface area (Å²) in [6.07, 6.45) is 0.103. The fourth-order valence-electron chi connectivity index (χ4n) is 3.45. The molecule has 4 rings (SSSR count). The van der Waals surface area contributed by atoms with E-state index < -0.39 is 0 Å². The smallest absolute Gasteiger partial charge is 0.267 e. The Balaban J connectivity index is 1.38. The number of amides is 2. The lowest BCUT2D eigenvalue weighted by atomic mass is 10.2. The molecule has 0 atom stereocenters. The number of hydrogen-bond donors (Lipinski definition) is 3. The van der Waals surface area contributed by atoms with Crippen LogP contribution in [0.25, 0.3) is 10.9 Å². The summed E-state index contributed by atoms with van der Waals surface area (Å²) in [5, 5.41) is 6.23. The number of aromatic amines is 1. The molecule has 32 heavy (non-hydrogen) atoms. The Morgan fingerprint density at radius 1 is 1.00 bits per heavy atom. The van der Waals surface area contributed by atoms with Crippen LogP contribution < -0.4 is 34.3 Å². The number of ether oxygens (including phenoxy) is 5. The first-order valence-electron chi connectivity index (χ1n) is 9.83. The van der Waals surface area contributed by atoms with Gasteiger partial charge < -0.3 is 39.3 Å². The number of carbonyl (C=O) groups is 2. The average Bonchev–Trinajstić information content (AvgIpc) is 3.43. The molecule has 1 aromatic heterocycles. The molecule has 0 saturated carbocycles. The highest BCUT2D eigenvalue weighted by Gasteiger charge is 2.20. The van der Waals surface area contributed by atoms with Crippen LogP contribution in [0, 0.1) is 0 Å². The van der Waals surface area contributed by atoms with Crippen LogP contribution in [0.4, 0.5) is 5.69 Å².